The van der Waals surface area contributed by atoms with Gasteiger partial charge in [-0.25, -0.2) is 4.98 Å². The van der Waals surface area contributed by atoms with Gasteiger partial charge < -0.3 is 10.0 Å². The average molecular weight is 274 g/mol. The molecule has 1 saturated heterocycles. The van der Waals surface area contributed by atoms with Gasteiger partial charge >= 0.3 is 5.97 Å². The van der Waals surface area contributed by atoms with Gasteiger partial charge in [0.2, 0.25) is 0 Å². The van der Waals surface area contributed by atoms with Crippen LogP contribution in [0.4, 0.5) is 5.13 Å². The fourth-order valence-electron chi connectivity index (χ4n) is 2.29. The quantitative estimate of drug-likeness (QED) is 0.935. The van der Waals surface area contributed by atoms with E-state index in [2.05, 4.69) is 9.88 Å². The van der Waals surface area contributed by atoms with E-state index in [1.54, 1.807) is 11.3 Å². The van der Waals surface area contributed by atoms with Crippen LogP contribution in [0.5, 0.6) is 0 Å². The van der Waals surface area contributed by atoms with Crippen molar-refractivity contribution in [3.8, 4) is 11.3 Å². The van der Waals surface area contributed by atoms with Crippen LogP contribution in [-0.2, 0) is 4.79 Å². The Morgan fingerprint density at radius 3 is 2.84 bits per heavy atom. The number of aliphatic carboxylic acids is 1. The number of anilines is 1. The van der Waals surface area contributed by atoms with Gasteiger partial charge in [-0.1, -0.05) is 30.3 Å². The number of carboxylic acids is 1. The maximum Gasteiger partial charge on any atom is 0.308 e. The molecule has 1 N–H and O–H groups in total. The van der Waals surface area contributed by atoms with Crippen LogP contribution in [0.2, 0.25) is 0 Å². The minimum Gasteiger partial charge on any atom is -0.481 e. The molecule has 1 atom stereocenters. The van der Waals surface area contributed by atoms with Crippen molar-refractivity contribution in [3.05, 3.63) is 35.7 Å². The molecule has 2 heterocycles. The Morgan fingerprint density at radius 1 is 1.37 bits per heavy atom. The molecule has 1 aliphatic heterocycles. The summed E-state index contributed by atoms with van der Waals surface area (Å²) in [6.07, 6.45) is 0.704. The zero-order valence-corrected chi connectivity index (χ0v) is 11.1. The van der Waals surface area contributed by atoms with Crippen LogP contribution in [0.15, 0.2) is 35.7 Å². The largest absolute Gasteiger partial charge is 0.481 e. The molecule has 0 saturated carbocycles. The first-order chi connectivity index (χ1) is 9.24. The maximum absolute atomic E-state index is 11.0. The Morgan fingerprint density at radius 2 is 2.16 bits per heavy atom. The Kier molecular flexibility index (Phi) is 3.21. The van der Waals surface area contributed by atoms with Gasteiger partial charge in [0.1, 0.15) is 0 Å². The number of hydrogen-bond donors (Lipinski definition) is 1. The summed E-state index contributed by atoms with van der Waals surface area (Å²) in [7, 11) is 0. The van der Waals surface area contributed by atoms with Gasteiger partial charge in [0, 0.05) is 24.0 Å². The number of benzene rings is 1. The molecule has 5 heteroatoms. The maximum atomic E-state index is 11.0. The number of carboxylic acid groups (broad SMARTS) is 1. The van der Waals surface area contributed by atoms with Crippen molar-refractivity contribution < 1.29 is 9.90 Å². The molecule has 0 amide bonds. The average Bonchev–Trinajstić information content (AvgIpc) is 3.09. The fraction of sp³-hybridized carbons (Fsp3) is 0.286. The number of rotatable bonds is 3. The first kappa shape index (κ1) is 12.2. The van der Waals surface area contributed by atoms with Crippen LogP contribution in [0.3, 0.4) is 0 Å². The molecule has 1 aromatic heterocycles. The summed E-state index contributed by atoms with van der Waals surface area (Å²) in [6, 6.07) is 10.0. The molecular weight excluding hydrogens is 260 g/mol. The van der Waals surface area contributed by atoms with E-state index in [1.807, 2.05) is 35.7 Å². The van der Waals surface area contributed by atoms with Crippen LogP contribution in [0, 0.1) is 5.92 Å². The van der Waals surface area contributed by atoms with Crippen molar-refractivity contribution in [1.82, 2.24) is 4.98 Å². The Bertz CT molecular complexity index is 582. The second-order valence-corrected chi connectivity index (χ2v) is 5.49. The van der Waals surface area contributed by atoms with Gasteiger partial charge in [-0.3, -0.25) is 4.79 Å². The minimum absolute atomic E-state index is 0.260. The van der Waals surface area contributed by atoms with Crippen LogP contribution in [0.1, 0.15) is 6.42 Å². The lowest BCUT2D eigenvalue weighted by atomic mass is 10.1. The lowest BCUT2D eigenvalue weighted by molar-refractivity contribution is -0.140. The predicted molar refractivity (Wildman–Crippen MR) is 75.5 cm³/mol. The summed E-state index contributed by atoms with van der Waals surface area (Å²) in [6.45, 7) is 1.34. The predicted octanol–water partition coefficient (Wildman–Crippen LogP) is 2.72. The van der Waals surface area contributed by atoms with Gasteiger partial charge in [-0.15, -0.1) is 11.3 Å². The first-order valence-electron chi connectivity index (χ1n) is 6.23. The van der Waals surface area contributed by atoms with Crippen molar-refractivity contribution in [2.75, 3.05) is 18.0 Å². The smallest absolute Gasteiger partial charge is 0.308 e. The molecule has 1 fully saturated rings. The summed E-state index contributed by atoms with van der Waals surface area (Å²) in [4.78, 5) is 17.6. The highest BCUT2D eigenvalue weighted by Crippen LogP contribution is 2.30. The van der Waals surface area contributed by atoms with E-state index in [-0.39, 0.29) is 5.92 Å². The number of thiazole rings is 1. The molecule has 1 aliphatic rings. The number of aromatic nitrogens is 1. The van der Waals surface area contributed by atoms with E-state index >= 15 is 0 Å². The Labute approximate surface area is 115 Å². The van der Waals surface area contributed by atoms with E-state index in [0.717, 1.165) is 22.9 Å². The lowest BCUT2D eigenvalue weighted by Crippen LogP contribution is -2.22. The number of carbonyl (C=O) groups is 1. The van der Waals surface area contributed by atoms with Gasteiger partial charge in [0.15, 0.2) is 5.13 Å². The molecule has 0 aliphatic carbocycles. The van der Waals surface area contributed by atoms with Crippen LogP contribution >= 0.6 is 11.3 Å². The summed E-state index contributed by atoms with van der Waals surface area (Å²) in [5.74, 6) is -0.966. The zero-order chi connectivity index (χ0) is 13.2. The van der Waals surface area contributed by atoms with Crippen LogP contribution in [0.25, 0.3) is 11.3 Å². The molecule has 0 radical (unpaired) electrons. The highest BCUT2D eigenvalue weighted by Gasteiger charge is 2.29. The van der Waals surface area contributed by atoms with Crippen LogP contribution in [-0.4, -0.2) is 29.1 Å². The highest BCUT2D eigenvalue weighted by atomic mass is 32.1. The Hall–Kier alpha value is -1.88. The van der Waals surface area contributed by atoms with Gasteiger partial charge in [-0.05, 0) is 6.42 Å². The van der Waals surface area contributed by atoms with E-state index in [1.165, 1.54) is 0 Å². The first-order valence-corrected chi connectivity index (χ1v) is 7.11. The van der Waals surface area contributed by atoms with E-state index in [4.69, 9.17) is 5.11 Å². The van der Waals surface area contributed by atoms with Crippen molar-refractivity contribution in [2.24, 2.45) is 5.92 Å². The molecule has 1 aromatic carbocycles. The van der Waals surface area contributed by atoms with Gasteiger partial charge in [-0.2, -0.15) is 0 Å². The summed E-state index contributed by atoms with van der Waals surface area (Å²) >= 11 is 1.58. The third-order valence-corrected chi connectivity index (χ3v) is 4.27. The molecule has 1 unspecified atom stereocenters. The Balaban J connectivity index is 1.78. The summed E-state index contributed by atoms with van der Waals surface area (Å²) in [5, 5.41) is 12.0. The monoisotopic (exact) mass is 274 g/mol. The van der Waals surface area contributed by atoms with Crippen molar-refractivity contribution in [2.45, 2.75) is 6.42 Å². The molecule has 0 spiro atoms. The third kappa shape index (κ3) is 2.46. The van der Waals surface area contributed by atoms with E-state index in [9.17, 15) is 4.79 Å². The standard InChI is InChI=1S/C14H14N2O2S/c17-13(18)11-6-7-16(8-11)14-15-12(9-19-14)10-4-2-1-3-5-10/h1-5,9,11H,6-8H2,(H,17,18). The van der Waals surface area contributed by atoms with Gasteiger partial charge in [0.25, 0.3) is 0 Å². The van der Waals surface area contributed by atoms with Crippen molar-refractivity contribution >= 4 is 22.4 Å². The zero-order valence-electron chi connectivity index (χ0n) is 10.3. The molecule has 2 aromatic rings. The van der Waals surface area contributed by atoms with Crippen LogP contribution < -0.4 is 4.90 Å². The molecule has 0 bridgehead atoms. The van der Waals surface area contributed by atoms with Crippen molar-refractivity contribution in [3.63, 3.8) is 0 Å². The highest BCUT2D eigenvalue weighted by molar-refractivity contribution is 7.14. The van der Waals surface area contributed by atoms with Crippen molar-refractivity contribution in [1.29, 1.82) is 0 Å². The summed E-state index contributed by atoms with van der Waals surface area (Å²) < 4.78 is 0. The molecule has 98 valence electrons. The van der Waals surface area contributed by atoms with Gasteiger partial charge in [0.05, 0.1) is 11.6 Å². The summed E-state index contributed by atoms with van der Waals surface area (Å²) in [5.41, 5.74) is 2.05. The number of hydrogen-bond acceptors (Lipinski definition) is 4. The lowest BCUT2D eigenvalue weighted by Gasteiger charge is -2.13. The SMILES string of the molecule is O=C(O)C1CCN(c2nc(-c3ccccc3)cs2)C1. The number of nitrogens with zero attached hydrogens (tertiary/aromatic N) is 2. The molecular formula is C14H14N2O2S. The minimum atomic E-state index is -0.706. The molecule has 19 heavy (non-hydrogen) atoms. The second kappa shape index (κ2) is 5.01. The third-order valence-electron chi connectivity index (χ3n) is 3.37. The van der Waals surface area contributed by atoms with E-state index < -0.39 is 5.97 Å². The van der Waals surface area contributed by atoms with E-state index in [0.29, 0.717) is 13.0 Å². The fourth-order valence-corrected chi connectivity index (χ4v) is 3.16. The normalized spacial score (nSPS) is 18.7. The molecule has 3 rings (SSSR count). The topological polar surface area (TPSA) is 53.4 Å². The molecule has 4 nitrogen and oxygen atoms in total. The second-order valence-electron chi connectivity index (χ2n) is 4.65.